The summed E-state index contributed by atoms with van der Waals surface area (Å²) in [5.41, 5.74) is 5.60. The fourth-order valence-electron chi connectivity index (χ4n) is 0.967. The number of nitrogens with two attached hydrogens (primary N) is 1. The van der Waals surface area contributed by atoms with Crippen molar-refractivity contribution in [2.24, 2.45) is 0 Å². The van der Waals surface area contributed by atoms with Gasteiger partial charge < -0.3 is 15.6 Å². The molecule has 0 aromatic heterocycles. The van der Waals surface area contributed by atoms with E-state index in [4.69, 9.17) is 15.6 Å². The third kappa shape index (κ3) is 3.02. The molecule has 0 fully saturated rings. The summed E-state index contributed by atoms with van der Waals surface area (Å²) in [6.45, 7) is 9.21. The largest absolute Gasteiger partial charge is 0.508 e. The molecule has 15 heavy (non-hydrogen) atoms. The van der Waals surface area contributed by atoms with Crippen LogP contribution in [0.25, 0.3) is 5.76 Å². The standard InChI is InChI=1S/C9H10FNO2.C2H4/c1-5(12)6-3-9(13-2)8(11)4-7(6)10;1-2/h3-4,12H,1,11H2,2H3;1-2H2. The maximum Gasteiger partial charge on any atom is 0.142 e. The van der Waals surface area contributed by atoms with Crippen LogP contribution in [-0.4, -0.2) is 12.2 Å². The summed E-state index contributed by atoms with van der Waals surface area (Å²) in [5, 5.41) is 8.98. The van der Waals surface area contributed by atoms with Gasteiger partial charge in [0.1, 0.15) is 17.3 Å². The van der Waals surface area contributed by atoms with Gasteiger partial charge in [-0.25, -0.2) is 4.39 Å². The van der Waals surface area contributed by atoms with Gasteiger partial charge in [-0.15, -0.1) is 13.2 Å². The van der Waals surface area contributed by atoms with Gasteiger partial charge in [-0.1, -0.05) is 6.58 Å². The lowest BCUT2D eigenvalue weighted by Crippen LogP contribution is -1.97. The molecule has 0 atom stereocenters. The normalized spacial score (nSPS) is 8.67. The summed E-state index contributed by atoms with van der Waals surface area (Å²) in [6.07, 6.45) is 0. The van der Waals surface area contributed by atoms with Gasteiger partial charge in [-0.05, 0) is 6.07 Å². The van der Waals surface area contributed by atoms with Crippen LogP contribution in [0.15, 0.2) is 31.9 Å². The smallest absolute Gasteiger partial charge is 0.142 e. The second-order valence-corrected chi connectivity index (χ2v) is 2.52. The van der Waals surface area contributed by atoms with Gasteiger partial charge in [-0.3, -0.25) is 0 Å². The average Bonchev–Trinajstić information content (AvgIpc) is 2.20. The van der Waals surface area contributed by atoms with Crippen LogP contribution in [0.2, 0.25) is 0 Å². The number of anilines is 1. The van der Waals surface area contributed by atoms with Crippen LogP contribution >= 0.6 is 0 Å². The zero-order valence-electron chi connectivity index (χ0n) is 8.59. The number of halogens is 1. The minimum absolute atomic E-state index is 0.00829. The Balaban J connectivity index is 0.000000921. The first-order valence-corrected chi connectivity index (χ1v) is 4.07. The Labute approximate surface area is 88.3 Å². The van der Waals surface area contributed by atoms with Crippen LogP contribution in [0.1, 0.15) is 5.56 Å². The Kier molecular flexibility index (Phi) is 4.95. The Morgan fingerprint density at radius 2 is 2.00 bits per heavy atom. The zero-order valence-corrected chi connectivity index (χ0v) is 8.59. The van der Waals surface area contributed by atoms with E-state index in [0.29, 0.717) is 5.75 Å². The van der Waals surface area contributed by atoms with Crippen LogP contribution in [-0.2, 0) is 0 Å². The molecule has 1 rings (SSSR count). The maximum atomic E-state index is 13.1. The predicted molar refractivity (Wildman–Crippen MR) is 60.3 cm³/mol. The van der Waals surface area contributed by atoms with E-state index in [0.717, 1.165) is 6.07 Å². The van der Waals surface area contributed by atoms with E-state index in [9.17, 15) is 4.39 Å². The topological polar surface area (TPSA) is 55.5 Å². The average molecular weight is 211 g/mol. The first kappa shape index (κ1) is 13.0. The molecule has 1 aromatic carbocycles. The number of nitrogen functional groups attached to an aromatic ring is 1. The highest BCUT2D eigenvalue weighted by molar-refractivity contribution is 5.64. The van der Waals surface area contributed by atoms with Crippen molar-refractivity contribution < 1.29 is 14.2 Å². The fourth-order valence-corrected chi connectivity index (χ4v) is 0.967. The Morgan fingerprint density at radius 1 is 1.47 bits per heavy atom. The van der Waals surface area contributed by atoms with Crippen molar-refractivity contribution in [2.75, 3.05) is 12.8 Å². The highest BCUT2D eigenvalue weighted by Crippen LogP contribution is 2.27. The molecular weight excluding hydrogens is 197 g/mol. The van der Waals surface area contributed by atoms with Crippen LogP contribution in [0.4, 0.5) is 10.1 Å². The Bertz CT molecular complexity index is 364. The van der Waals surface area contributed by atoms with Crippen molar-refractivity contribution in [1.82, 2.24) is 0 Å². The van der Waals surface area contributed by atoms with Crippen molar-refractivity contribution in [2.45, 2.75) is 0 Å². The van der Waals surface area contributed by atoms with E-state index < -0.39 is 5.82 Å². The van der Waals surface area contributed by atoms with Crippen molar-refractivity contribution in [3.05, 3.63) is 43.3 Å². The second-order valence-electron chi connectivity index (χ2n) is 2.52. The summed E-state index contributed by atoms with van der Waals surface area (Å²) in [6, 6.07) is 2.38. The van der Waals surface area contributed by atoms with Gasteiger partial charge in [0.25, 0.3) is 0 Å². The van der Waals surface area contributed by atoms with Crippen LogP contribution < -0.4 is 10.5 Å². The second kappa shape index (κ2) is 5.70. The number of methoxy groups -OCH3 is 1. The SMILES string of the molecule is C=C.C=C(O)c1cc(OC)c(N)cc1F. The maximum absolute atomic E-state index is 13.1. The molecular formula is C11H14FNO2. The predicted octanol–water partition coefficient (Wildman–Crippen LogP) is 2.75. The summed E-state index contributed by atoms with van der Waals surface area (Å²) < 4.78 is 17.9. The van der Waals surface area contributed by atoms with Crippen molar-refractivity contribution >= 4 is 11.4 Å². The number of benzene rings is 1. The van der Waals surface area contributed by atoms with E-state index in [2.05, 4.69) is 19.7 Å². The molecule has 0 saturated carbocycles. The fraction of sp³-hybridized carbons (Fsp3) is 0.0909. The van der Waals surface area contributed by atoms with Gasteiger partial charge >= 0.3 is 0 Å². The van der Waals surface area contributed by atoms with Crippen molar-refractivity contribution in [3.8, 4) is 5.75 Å². The molecule has 0 bridgehead atoms. The van der Waals surface area contributed by atoms with Crippen LogP contribution in [0, 0.1) is 5.82 Å². The number of ether oxygens (including phenoxy) is 1. The van der Waals surface area contributed by atoms with Crippen LogP contribution in [0.5, 0.6) is 5.75 Å². The molecule has 0 spiro atoms. The molecule has 0 saturated heterocycles. The van der Waals surface area contributed by atoms with E-state index in [-0.39, 0.29) is 17.0 Å². The molecule has 0 aliphatic heterocycles. The summed E-state index contributed by atoms with van der Waals surface area (Å²) in [7, 11) is 1.41. The minimum atomic E-state index is -0.620. The minimum Gasteiger partial charge on any atom is -0.508 e. The lowest BCUT2D eigenvalue weighted by Gasteiger charge is -2.07. The molecule has 3 nitrogen and oxygen atoms in total. The monoisotopic (exact) mass is 211 g/mol. The lowest BCUT2D eigenvalue weighted by atomic mass is 10.1. The number of rotatable bonds is 2. The molecule has 1 aromatic rings. The van der Waals surface area contributed by atoms with Gasteiger partial charge in [0.05, 0.1) is 18.4 Å². The van der Waals surface area contributed by atoms with Gasteiger partial charge in [0.15, 0.2) is 0 Å². The summed E-state index contributed by atoms with van der Waals surface area (Å²) in [4.78, 5) is 0. The van der Waals surface area contributed by atoms with Crippen molar-refractivity contribution in [1.29, 1.82) is 0 Å². The van der Waals surface area contributed by atoms with E-state index in [1.165, 1.54) is 13.2 Å². The number of aliphatic hydroxyl groups excluding tert-OH is 1. The molecule has 0 unspecified atom stereocenters. The molecule has 3 N–H and O–H groups in total. The molecule has 0 amide bonds. The number of hydrogen-bond acceptors (Lipinski definition) is 3. The zero-order chi connectivity index (χ0) is 12.0. The number of hydrogen-bond donors (Lipinski definition) is 2. The highest BCUT2D eigenvalue weighted by atomic mass is 19.1. The van der Waals surface area contributed by atoms with E-state index in [1.807, 2.05) is 0 Å². The van der Waals surface area contributed by atoms with Crippen molar-refractivity contribution in [3.63, 3.8) is 0 Å². The Hall–Kier alpha value is -1.97. The van der Waals surface area contributed by atoms with Crippen LogP contribution in [0.3, 0.4) is 0 Å². The molecule has 0 aliphatic rings. The highest BCUT2D eigenvalue weighted by Gasteiger charge is 2.09. The quantitative estimate of drug-likeness (QED) is 0.449. The first-order valence-electron chi connectivity index (χ1n) is 4.07. The van der Waals surface area contributed by atoms with Gasteiger partial charge in [0, 0.05) is 6.07 Å². The van der Waals surface area contributed by atoms with E-state index >= 15 is 0 Å². The molecule has 4 heteroatoms. The summed E-state index contributed by atoms with van der Waals surface area (Å²) >= 11 is 0. The molecule has 82 valence electrons. The first-order chi connectivity index (χ1) is 7.06. The molecule has 0 radical (unpaired) electrons. The molecule has 0 aliphatic carbocycles. The van der Waals surface area contributed by atoms with Gasteiger partial charge in [-0.2, -0.15) is 0 Å². The van der Waals surface area contributed by atoms with Gasteiger partial charge in [0.2, 0.25) is 0 Å². The third-order valence-corrected chi connectivity index (χ3v) is 1.63. The number of aliphatic hydroxyl groups is 1. The van der Waals surface area contributed by atoms with E-state index in [1.54, 1.807) is 0 Å². The molecule has 0 heterocycles. The Morgan fingerprint density at radius 3 is 2.40 bits per heavy atom. The summed E-state index contributed by atoms with van der Waals surface area (Å²) in [5.74, 6) is -0.659. The lowest BCUT2D eigenvalue weighted by molar-refractivity contribution is 0.414. The third-order valence-electron chi connectivity index (χ3n) is 1.63.